The zero-order valence-corrected chi connectivity index (χ0v) is 14.4. The molecular formula is C18H22ClN3O2. The first-order valence-electron chi connectivity index (χ1n) is 8.48. The molecule has 0 radical (unpaired) electrons. The topological polar surface area (TPSA) is 65.2 Å². The van der Waals surface area contributed by atoms with Crippen LogP contribution in [0.2, 0.25) is 5.02 Å². The first-order chi connectivity index (χ1) is 11.6. The smallest absolute Gasteiger partial charge is 0.267 e. The summed E-state index contributed by atoms with van der Waals surface area (Å²) in [4.78, 5) is 29.1. The van der Waals surface area contributed by atoms with Crippen LogP contribution in [-0.2, 0) is 4.79 Å². The number of nitrogens with one attached hydrogen (secondary N) is 2. The highest BCUT2D eigenvalue weighted by atomic mass is 35.5. The van der Waals surface area contributed by atoms with Gasteiger partial charge in [-0.2, -0.15) is 0 Å². The van der Waals surface area contributed by atoms with Gasteiger partial charge in [-0.3, -0.25) is 9.59 Å². The normalized spacial score (nSPS) is 15.5. The van der Waals surface area contributed by atoms with Crippen LogP contribution < -0.4 is 5.32 Å². The Hall–Kier alpha value is -2.01. The van der Waals surface area contributed by atoms with Gasteiger partial charge in [0.2, 0.25) is 5.91 Å². The third-order valence-electron chi connectivity index (χ3n) is 4.39. The third kappa shape index (κ3) is 4.09. The van der Waals surface area contributed by atoms with E-state index in [4.69, 9.17) is 11.6 Å². The lowest BCUT2D eigenvalue weighted by Gasteiger charge is -2.20. The molecule has 1 aliphatic heterocycles. The van der Waals surface area contributed by atoms with Gasteiger partial charge in [-0.15, -0.1) is 0 Å². The number of amides is 2. The zero-order valence-electron chi connectivity index (χ0n) is 13.6. The summed E-state index contributed by atoms with van der Waals surface area (Å²) in [7, 11) is 0. The maximum absolute atomic E-state index is 12.2. The van der Waals surface area contributed by atoms with E-state index >= 15 is 0 Å². The number of fused-ring (bicyclic) bond motifs is 1. The van der Waals surface area contributed by atoms with Crippen molar-refractivity contribution in [3.8, 4) is 0 Å². The number of carbonyl (C=O) groups is 2. The van der Waals surface area contributed by atoms with E-state index in [2.05, 4.69) is 10.3 Å². The fourth-order valence-corrected chi connectivity index (χ4v) is 3.25. The summed E-state index contributed by atoms with van der Waals surface area (Å²) in [5, 5.41) is 4.47. The monoisotopic (exact) mass is 347 g/mol. The van der Waals surface area contributed by atoms with Crippen molar-refractivity contribution in [3.63, 3.8) is 0 Å². The number of rotatable bonds is 5. The quantitative estimate of drug-likeness (QED) is 0.815. The molecule has 6 heteroatoms. The summed E-state index contributed by atoms with van der Waals surface area (Å²) in [6.07, 6.45) is 4.63. The van der Waals surface area contributed by atoms with Crippen molar-refractivity contribution in [3.05, 3.63) is 35.0 Å². The highest BCUT2D eigenvalue weighted by Gasteiger charge is 2.16. The number of hydrogen-bond donors (Lipinski definition) is 2. The van der Waals surface area contributed by atoms with Crippen molar-refractivity contribution in [1.29, 1.82) is 0 Å². The summed E-state index contributed by atoms with van der Waals surface area (Å²) in [6, 6.07) is 7.28. The van der Waals surface area contributed by atoms with Gasteiger partial charge in [0.1, 0.15) is 5.69 Å². The molecule has 0 saturated carbocycles. The van der Waals surface area contributed by atoms with E-state index in [0.717, 1.165) is 43.1 Å². The Kier molecular flexibility index (Phi) is 5.41. The average Bonchev–Trinajstić information content (AvgIpc) is 2.88. The molecule has 1 aliphatic rings. The minimum Gasteiger partial charge on any atom is -0.351 e. The Morgan fingerprint density at radius 3 is 3.00 bits per heavy atom. The molecule has 3 rings (SSSR count). The van der Waals surface area contributed by atoms with E-state index in [1.807, 2.05) is 17.0 Å². The molecular weight excluding hydrogens is 326 g/mol. The Balaban J connectivity index is 1.48. The summed E-state index contributed by atoms with van der Waals surface area (Å²) < 4.78 is 0. The SMILES string of the molecule is O=C(NCCCN1CCCCCC1=O)c1cc2cc(Cl)ccc2[nH]1. The molecule has 0 bridgehead atoms. The number of likely N-dealkylation sites (tertiary alicyclic amines) is 1. The Labute approximate surface area is 146 Å². The van der Waals surface area contributed by atoms with Crippen molar-refractivity contribution >= 4 is 34.3 Å². The fraction of sp³-hybridized carbons (Fsp3) is 0.444. The van der Waals surface area contributed by atoms with Gasteiger partial charge in [-0.25, -0.2) is 0 Å². The minimum atomic E-state index is -0.135. The molecule has 0 atom stereocenters. The van der Waals surface area contributed by atoms with Gasteiger partial charge in [-0.1, -0.05) is 18.0 Å². The van der Waals surface area contributed by atoms with Crippen LogP contribution in [0.4, 0.5) is 0 Å². The number of nitrogens with zero attached hydrogens (tertiary/aromatic N) is 1. The van der Waals surface area contributed by atoms with Crippen LogP contribution in [0.1, 0.15) is 42.6 Å². The van der Waals surface area contributed by atoms with Crippen LogP contribution in [0.5, 0.6) is 0 Å². The Morgan fingerprint density at radius 1 is 1.25 bits per heavy atom. The average molecular weight is 348 g/mol. The second-order valence-electron chi connectivity index (χ2n) is 6.22. The number of aromatic amines is 1. The molecule has 1 saturated heterocycles. The zero-order chi connectivity index (χ0) is 16.9. The molecule has 0 aliphatic carbocycles. The molecule has 1 aromatic carbocycles. The predicted octanol–water partition coefficient (Wildman–Crippen LogP) is 3.34. The molecule has 2 heterocycles. The maximum Gasteiger partial charge on any atom is 0.267 e. The summed E-state index contributed by atoms with van der Waals surface area (Å²) in [5.74, 6) is 0.107. The van der Waals surface area contributed by atoms with Crippen LogP contribution in [0.25, 0.3) is 10.9 Å². The second kappa shape index (κ2) is 7.71. The summed E-state index contributed by atoms with van der Waals surface area (Å²) in [6.45, 7) is 2.11. The first kappa shape index (κ1) is 16.8. The highest BCUT2D eigenvalue weighted by Crippen LogP contribution is 2.20. The molecule has 1 aromatic heterocycles. The maximum atomic E-state index is 12.2. The van der Waals surface area contributed by atoms with E-state index in [0.29, 0.717) is 30.2 Å². The number of H-pyrrole nitrogens is 1. The van der Waals surface area contributed by atoms with Crippen molar-refractivity contribution in [1.82, 2.24) is 15.2 Å². The molecule has 5 nitrogen and oxygen atoms in total. The first-order valence-corrected chi connectivity index (χ1v) is 8.85. The van der Waals surface area contributed by atoms with E-state index in [1.54, 1.807) is 12.1 Å². The van der Waals surface area contributed by atoms with Crippen molar-refractivity contribution < 1.29 is 9.59 Å². The minimum absolute atomic E-state index is 0.135. The van der Waals surface area contributed by atoms with Crippen molar-refractivity contribution in [2.75, 3.05) is 19.6 Å². The van der Waals surface area contributed by atoms with Crippen LogP contribution in [0, 0.1) is 0 Å². The molecule has 2 aromatic rings. The lowest BCUT2D eigenvalue weighted by Crippen LogP contribution is -2.34. The second-order valence-corrected chi connectivity index (χ2v) is 6.65. The van der Waals surface area contributed by atoms with Gasteiger partial charge in [0.15, 0.2) is 0 Å². The van der Waals surface area contributed by atoms with E-state index in [-0.39, 0.29) is 11.8 Å². The predicted molar refractivity (Wildman–Crippen MR) is 95.3 cm³/mol. The fourth-order valence-electron chi connectivity index (χ4n) is 3.07. The third-order valence-corrected chi connectivity index (χ3v) is 4.62. The molecule has 2 amide bonds. The van der Waals surface area contributed by atoms with Crippen LogP contribution in [0.3, 0.4) is 0 Å². The lowest BCUT2D eigenvalue weighted by atomic mass is 10.2. The van der Waals surface area contributed by atoms with Gasteiger partial charge in [0.25, 0.3) is 5.91 Å². The molecule has 1 fully saturated rings. The van der Waals surface area contributed by atoms with E-state index in [1.165, 1.54) is 0 Å². The number of halogens is 1. The largest absolute Gasteiger partial charge is 0.351 e. The Bertz CT molecular complexity index is 741. The van der Waals surface area contributed by atoms with Crippen molar-refractivity contribution in [2.45, 2.75) is 32.1 Å². The highest BCUT2D eigenvalue weighted by molar-refractivity contribution is 6.31. The van der Waals surface area contributed by atoms with Crippen LogP contribution in [-0.4, -0.2) is 41.3 Å². The summed E-state index contributed by atoms with van der Waals surface area (Å²) >= 11 is 5.96. The van der Waals surface area contributed by atoms with E-state index < -0.39 is 0 Å². The molecule has 128 valence electrons. The van der Waals surface area contributed by atoms with Gasteiger partial charge in [0, 0.05) is 42.0 Å². The van der Waals surface area contributed by atoms with Crippen molar-refractivity contribution in [2.24, 2.45) is 0 Å². The lowest BCUT2D eigenvalue weighted by molar-refractivity contribution is -0.130. The van der Waals surface area contributed by atoms with Crippen LogP contribution >= 0.6 is 11.6 Å². The number of carbonyl (C=O) groups excluding carboxylic acids is 2. The number of benzene rings is 1. The standard InChI is InChI=1S/C18H22ClN3O2/c19-14-6-7-15-13(11-14)12-16(21-15)18(24)20-8-4-10-22-9-3-1-2-5-17(22)23/h6-7,11-12,21H,1-5,8-10H2,(H,20,24). The molecule has 0 unspecified atom stereocenters. The Morgan fingerprint density at radius 2 is 2.12 bits per heavy atom. The molecule has 2 N–H and O–H groups in total. The van der Waals surface area contributed by atoms with Crippen LogP contribution in [0.15, 0.2) is 24.3 Å². The van der Waals surface area contributed by atoms with Gasteiger partial charge >= 0.3 is 0 Å². The van der Waals surface area contributed by atoms with Gasteiger partial charge in [-0.05, 0) is 43.5 Å². The van der Waals surface area contributed by atoms with E-state index in [9.17, 15) is 9.59 Å². The summed E-state index contributed by atoms with van der Waals surface area (Å²) in [5.41, 5.74) is 1.41. The molecule has 24 heavy (non-hydrogen) atoms. The van der Waals surface area contributed by atoms with Gasteiger partial charge < -0.3 is 15.2 Å². The number of aromatic nitrogens is 1. The molecule has 0 spiro atoms. The van der Waals surface area contributed by atoms with Gasteiger partial charge in [0.05, 0.1) is 0 Å². The number of hydrogen-bond acceptors (Lipinski definition) is 2.